The predicted molar refractivity (Wildman–Crippen MR) is 80.9 cm³/mol. The zero-order chi connectivity index (χ0) is 15.9. The van der Waals surface area contributed by atoms with Gasteiger partial charge in [-0.15, -0.1) is 0 Å². The number of allylic oxidation sites excluding steroid dienone is 1. The van der Waals surface area contributed by atoms with Gasteiger partial charge >= 0.3 is 0 Å². The summed E-state index contributed by atoms with van der Waals surface area (Å²) in [6.07, 6.45) is 1.21. The molecule has 7 heteroatoms. The van der Waals surface area contributed by atoms with Crippen LogP contribution >= 0.6 is 11.6 Å². The van der Waals surface area contributed by atoms with Crippen molar-refractivity contribution in [3.8, 4) is 6.07 Å². The lowest BCUT2D eigenvalue weighted by molar-refractivity contribution is 0.602. The van der Waals surface area contributed by atoms with E-state index in [2.05, 4.69) is 0 Å². The molecule has 1 aliphatic rings. The van der Waals surface area contributed by atoms with Crippen LogP contribution in [0, 0.1) is 17.1 Å². The number of hydrogen-bond donors (Lipinski definition) is 0. The molecule has 0 fully saturated rings. The number of nitriles is 1. The van der Waals surface area contributed by atoms with Gasteiger partial charge in [0.1, 0.15) is 11.9 Å². The lowest BCUT2D eigenvalue weighted by Crippen LogP contribution is -2.21. The third kappa shape index (κ3) is 2.25. The molecule has 3 rings (SSSR count). The van der Waals surface area contributed by atoms with Crippen molar-refractivity contribution in [2.24, 2.45) is 0 Å². The molecule has 1 aliphatic heterocycles. The molecular weight excluding hydrogens is 327 g/mol. The third-order valence-electron chi connectivity index (χ3n) is 3.22. The molecule has 0 aliphatic carbocycles. The first-order valence-electron chi connectivity index (χ1n) is 6.15. The van der Waals surface area contributed by atoms with Crippen LogP contribution in [0.5, 0.6) is 0 Å². The number of halogens is 2. The number of rotatable bonds is 1. The lowest BCUT2D eigenvalue weighted by Gasteiger charge is -2.27. The van der Waals surface area contributed by atoms with Crippen molar-refractivity contribution in [3.05, 3.63) is 64.4 Å². The summed E-state index contributed by atoms with van der Waals surface area (Å²) in [6.45, 7) is 0. The Morgan fingerprint density at radius 2 is 1.82 bits per heavy atom. The molecule has 0 saturated carbocycles. The first-order valence-corrected chi connectivity index (χ1v) is 8.01. The zero-order valence-electron chi connectivity index (χ0n) is 11.0. The summed E-state index contributed by atoms with van der Waals surface area (Å²) in [7, 11) is -3.87. The highest BCUT2D eigenvalue weighted by atomic mass is 35.5. The van der Waals surface area contributed by atoms with Crippen LogP contribution in [-0.4, -0.2) is 8.42 Å². The highest BCUT2D eigenvalue weighted by Gasteiger charge is 2.32. The van der Waals surface area contributed by atoms with Crippen molar-refractivity contribution >= 4 is 32.8 Å². The van der Waals surface area contributed by atoms with Crippen LogP contribution < -0.4 is 4.90 Å². The van der Waals surface area contributed by atoms with Gasteiger partial charge in [-0.05, 0) is 42.5 Å². The van der Waals surface area contributed by atoms with E-state index in [1.165, 1.54) is 53.6 Å². The summed E-state index contributed by atoms with van der Waals surface area (Å²) in [5.41, 5.74) is 0.839. The van der Waals surface area contributed by atoms with Gasteiger partial charge in [0.2, 0.25) is 9.84 Å². The first-order chi connectivity index (χ1) is 10.4. The second kappa shape index (κ2) is 5.13. The van der Waals surface area contributed by atoms with Gasteiger partial charge in [0.15, 0.2) is 4.91 Å². The largest absolute Gasteiger partial charge is 0.314 e. The maximum Gasteiger partial charge on any atom is 0.220 e. The zero-order valence-corrected chi connectivity index (χ0v) is 12.6. The van der Waals surface area contributed by atoms with Gasteiger partial charge in [-0.3, -0.25) is 0 Å². The summed E-state index contributed by atoms with van der Waals surface area (Å²) in [5.74, 6) is -0.413. The molecule has 0 spiro atoms. The van der Waals surface area contributed by atoms with Crippen molar-refractivity contribution in [1.29, 1.82) is 5.26 Å². The Kier molecular flexibility index (Phi) is 3.39. The van der Waals surface area contributed by atoms with Crippen LogP contribution in [0.25, 0.3) is 0 Å². The molecule has 2 aromatic carbocycles. The topological polar surface area (TPSA) is 61.2 Å². The Bertz CT molecular complexity index is 931. The monoisotopic (exact) mass is 334 g/mol. The van der Waals surface area contributed by atoms with E-state index in [1.54, 1.807) is 6.07 Å². The lowest BCUT2D eigenvalue weighted by atomic mass is 10.2. The van der Waals surface area contributed by atoms with Crippen LogP contribution in [0.3, 0.4) is 0 Å². The molecule has 0 saturated heterocycles. The molecule has 1 heterocycles. The molecule has 2 aromatic rings. The highest BCUT2D eigenvalue weighted by Crippen LogP contribution is 2.40. The average Bonchev–Trinajstić information content (AvgIpc) is 2.48. The molecule has 0 atom stereocenters. The Morgan fingerprint density at radius 1 is 1.14 bits per heavy atom. The van der Waals surface area contributed by atoms with Crippen LogP contribution in [0.15, 0.2) is 58.5 Å². The minimum Gasteiger partial charge on any atom is -0.314 e. The molecule has 4 nitrogen and oxygen atoms in total. The van der Waals surface area contributed by atoms with E-state index in [1.807, 2.05) is 0 Å². The maximum atomic E-state index is 13.1. The van der Waals surface area contributed by atoms with Crippen LogP contribution in [0.2, 0.25) is 5.02 Å². The summed E-state index contributed by atoms with van der Waals surface area (Å²) in [5, 5.41) is 9.46. The van der Waals surface area contributed by atoms with E-state index < -0.39 is 15.7 Å². The minimum absolute atomic E-state index is 0.0136. The van der Waals surface area contributed by atoms with E-state index in [9.17, 15) is 12.8 Å². The molecular formula is C15H8ClFN2O2S. The van der Waals surface area contributed by atoms with E-state index in [4.69, 9.17) is 16.9 Å². The average molecular weight is 335 g/mol. The summed E-state index contributed by atoms with van der Waals surface area (Å²) in [6, 6.07) is 11.5. The summed E-state index contributed by atoms with van der Waals surface area (Å²) in [4.78, 5) is 1.10. The number of nitrogens with zero attached hydrogens (tertiary/aromatic N) is 2. The number of benzene rings is 2. The summed E-state index contributed by atoms with van der Waals surface area (Å²) < 4.78 is 37.8. The van der Waals surface area contributed by atoms with Gasteiger partial charge in [0, 0.05) is 16.9 Å². The van der Waals surface area contributed by atoms with Crippen molar-refractivity contribution in [2.45, 2.75) is 4.90 Å². The van der Waals surface area contributed by atoms with Gasteiger partial charge in [-0.1, -0.05) is 11.6 Å². The molecule has 0 N–H and O–H groups in total. The standard InChI is InChI=1S/C15H8ClFN2O2S/c16-10-1-6-15-14(7-10)19(9-13(8-18)22(15,20)21)12-4-2-11(17)3-5-12/h1-7,9H. The van der Waals surface area contributed by atoms with Crippen LogP contribution in [0.4, 0.5) is 15.8 Å². The Hall–Kier alpha value is -2.36. The fourth-order valence-electron chi connectivity index (χ4n) is 2.18. The van der Waals surface area contributed by atoms with Gasteiger partial charge in [-0.25, -0.2) is 12.8 Å². The molecule has 0 aromatic heterocycles. The van der Waals surface area contributed by atoms with E-state index in [0.29, 0.717) is 16.4 Å². The maximum absolute atomic E-state index is 13.1. The van der Waals surface area contributed by atoms with Crippen LogP contribution in [0.1, 0.15) is 0 Å². The van der Waals surface area contributed by atoms with Crippen molar-refractivity contribution in [2.75, 3.05) is 4.90 Å². The Labute approximate surface area is 131 Å². The molecule has 110 valence electrons. The van der Waals surface area contributed by atoms with Crippen LogP contribution in [-0.2, 0) is 9.84 Å². The molecule has 0 unspecified atom stereocenters. The number of hydrogen-bond acceptors (Lipinski definition) is 4. The minimum atomic E-state index is -3.87. The van der Waals surface area contributed by atoms with Crippen molar-refractivity contribution in [1.82, 2.24) is 0 Å². The van der Waals surface area contributed by atoms with E-state index in [-0.39, 0.29) is 9.80 Å². The van der Waals surface area contributed by atoms with Gasteiger partial charge < -0.3 is 4.90 Å². The second-order valence-corrected chi connectivity index (χ2v) is 6.89. The van der Waals surface area contributed by atoms with Crippen molar-refractivity contribution in [3.63, 3.8) is 0 Å². The predicted octanol–water partition coefficient (Wildman–Crippen LogP) is 3.77. The highest BCUT2D eigenvalue weighted by molar-refractivity contribution is 7.95. The fourth-order valence-corrected chi connectivity index (χ4v) is 3.63. The molecule has 0 radical (unpaired) electrons. The van der Waals surface area contributed by atoms with Gasteiger partial charge in [0.05, 0.1) is 10.6 Å². The van der Waals surface area contributed by atoms with E-state index >= 15 is 0 Å². The van der Waals surface area contributed by atoms with E-state index in [0.717, 1.165) is 0 Å². The third-order valence-corrected chi connectivity index (χ3v) is 5.16. The Morgan fingerprint density at radius 3 is 2.45 bits per heavy atom. The van der Waals surface area contributed by atoms with Crippen molar-refractivity contribution < 1.29 is 12.8 Å². The van der Waals surface area contributed by atoms with Gasteiger partial charge in [0.25, 0.3) is 0 Å². The first kappa shape index (κ1) is 14.6. The SMILES string of the molecule is N#CC1=CN(c2ccc(F)cc2)c2cc(Cl)ccc2S1(=O)=O. The molecule has 22 heavy (non-hydrogen) atoms. The molecule has 0 bridgehead atoms. The molecule has 0 amide bonds. The smallest absolute Gasteiger partial charge is 0.220 e. The normalized spacial score (nSPS) is 15.7. The Balaban J connectivity index is 2.29. The quantitative estimate of drug-likeness (QED) is 0.796. The number of fused-ring (bicyclic) bond motifs is 1. The summed E-state index contributed by atoms with van der Waals surface area (Å²) >= 11 is 5.95. The number of anilines is 2. The second-order valence-electron chi connectivity index (χ2n) is 4.57. The number of sulfone groups is 1. The van der Waals surface area contributed by atoms with Gasteiger partial charge in [-0.2, -0.15) is 5.26 Å². The fraction of sp³-hybridized carbons (Fsp3) is 0.